The molecule has 1 aromatic heterocycles. The molecule has 0 amide bonds. The molecule has 0 radical (unpaired) electrons. The highest BCUT2D eigenvalue weighted by molar-refractivity contribution is 8.00. The third-order valence-electron chi connectivity index (χ3n) is 7.13. The topological polar surface area (TPSA) is 44.3 Å². The average Bonchev–Trinajstić information content (AvgIpc) is 3.20. The zero-order valence-electron chi connectivity index (χ0n) is 18.8. The molecule has 3 aromatic carbocycles. The number of rotatable bonds is 3. The van der Waals surface area contributed by atoms with E-state index >= 15 is 0 Å². The Bertz CT molecular complexity index is 1340. The van der Waals surface area contributed by atoms with E-state index in [0.717, 1.165) is 43.5 Å². The molecule has 6 heteroatoms. The quantitative estimate of drug-likeness (QED) is 0.434. The molecule has 5 nitrogen and oxygen atoms in total. The van der Waals surface area contributed by atoms with E-state index in [0.29, 0.717) is 0 Å². The Labute approximate surface area is 198 Å². The lowest BCUT2D eigenvalue weighted by Gasteiger charge is -2.50. The lowest BCUT2D eigenvalue weighted by Crippen LogP contribution is -2.55. The van der Waals surface area contributed by atoms with Gasteiger partial charge in [0.1, 0.15) is 0 Å². The van der Waals surface area contributed by atoms with E-state index in [1.807, 2.05) is 40.6 Å². The number of piperidine rings is 1. The Morgan fingerprint density at radius 3 is 2.42 bits per heavy atom. The van der Waals surface area contributed by atoms with Crippen molar-refractivity contribution in [2.45, 2.75) is 35.6 Å². The molecule has 3 heterocycles. The number of aromatic nitrogens is 2. The van der Waals surface area contributed by atoms with Gasteiger partial charge in [-0.25, -0.2) is 4.79 Å². The van der Waals surface area contributed by atoms with Gasteiger partial charge in [-0.3, -0.25) is 9.47 Å². The van der Waals surface area contributed by atoms with Crippen LogP contribution in [0.1, 0.15) is 25.8 Å². The van der Waals surface area contributed by atoms with Crippen molar-refractivity contribution >= 4 is 34.2 Å². The van der Waals surface area contributed by atoms with Crippen LogP contribution in [-0.2, 0) is 0 Å². The average molecular weight is 457 g/mol. The number of likely N-dealkylation sites (tertiary alicyclic amines) is 1. The van der Waals surface area contributed by atoms with Gasteiger partial charge in [-0.05, 0) is 56.2 Å². The van der Waals surface area contributed by atoms with Crippen LogP contribution in [0, 0.1) is 0 Å². The maximum absolute atomic E-state index is 12.7. The predicted octanol–water partition coefficient (Wildman–Crippen LogP) is 5.63. The maximum atomic E-state index is 12.7. The summed E-state index contributed by atoms with van der Waals surface area (Å²) in [5.41, 5.74) is 4.47. The van der Waals surface area contributed by atoms with Crippen molar-refractivity contribution in [1.29, 1.82) is 0 Å². The van der Waals surface area contributed by atoms with Crippen molar-refractivity contribution in [3.8, 4) is 0 Å². The van der Waals surface area contributed by atoms with Crippen molar-refractivity contribution in [1.82, 2.24) is 14.5 Å². The summed E-state index contributed by atoms with van der Waals surface area (Å²) in [5, 5.41) is 0. The van der Waals surface area contributed by atoms with E-state index in [2.05, 4.69) is 76.3 Å². The van der Waals surface area contributed by atoms with E-state index in [1.165, 1.54) is 16.3 Å². The Morgan fingerprint density at radius 2 is 1.61 bits per heavy atom. The summed E-state index contributed by atoms with van der Waals surface area (Å²) in [6, 6.07) is 27.7. The molecule has 168 valence electrons. The fourth-order valence-corrected chi connectivity index (χ4v) is 6.86. The number of aromatic amines is 1. The van der Waals surface area contributed by atoms with Crippen LogP contribution < -0.4 is 10.6 Å². The fourth-order valence-electron chi connectivity index (χ4n) is 5.45. The summed E-state index contributed by atoms with van der Waals surface area (Å²) >= 11 is 1.98. The Balaban J connectivity index is 1.27. The summed E-state index contributed by atoms with van der Waals surface area (Å²) < 4.78 is 1.98. The van der Waals surface area contributed by atoms with Gasteiger partial charge in [-0.15, -0.1) is 0 Å². The SMILES string of the molecule is CC1(N2CCC(n3c(=O)[nH]c4ccccc43)CC2)CN(c2ccccc2)c2ccccc2S1. The number of imidazole rings is 1. The van der Waals surface area contributed by atoms with Crippen molar-refractivity contribution in [3.05, 3.63) is 89.3 Å². The monoisotopic (exact) mass is 456 g/mol. The van der Waals surface area contributed by atoms with E-state index < -0.39 is 0 Å². The second-order valence-corrected chi connectivity index (χ2v) is 10.7. The highest BCUT2D eigenvalue weighted by Crippen LogP contribution is 2.49. The third kappa shape index (κ3) is 3.58. The van der Waals surface area contributed by atoms with Gasteiger partial charge in [0.2, 0.25) is 0 Å². The van der Waals surface area contributed by atoms with Crippen LogP contribution in [0.2, 0.25) is 0 Å². The molecule has 0 bridgehead atoms. The lowest BCUT2D eigenvalue weighted by molar-refractivity contribution is 0.127. The van der Waals surface area contributed by atoms with Crippen molar-refractivity contribution < 1.29 is 0 Å². The molecule has 1 saturated heterocycles. The van der Waals surface area contributed by atoms with Gasteiger partial charge in [0.05, 0.1) is 28.1 Å². The maximum Gasteiger partial charge on any atom is 0.326 e. The number of nitrogens with zero attached hydrogens (tertiary/aromatic N) is 3. The zero-order chi connectivity index (χ0) is 22.4. The molecule has 6 rings (SSSR count). The van der Waals surface area contributed by atoms with Crippen molar-refractivity contribution in [3.63, 3.8) is 0 Å². The minimum atomic E-state index is -0.0413. The first kappa shape index (κ1) is 20.6. The third-order valence-corrected chi connectivity index (χ3v) is 8.52. The van der Waals surface area contributed by atoms with Crippen LogP contribution in [0.5, 0.6) is 0 Å². The van der Waals surface area contributed by atoms with Crippen LogP contribution in [0.4, 0.5) is 11.4 Å². The van der Waals surface area contributed by atoms with Gasteiger partial charge < -0.3 is 9.88 Å². The first-order valence-electron chi connectivity index (χ1n) is 11.7. The van der Waals surface area contributed by atoms with Gasteiger partial charge in [-0.2, -0.15) is 0 Å². The molecule has 1 unspecified atom stereocenters. The highest BCUT2D eigenvalue weighted by atomic mass is 32.2. The zero-order valence-corrected chi connectivity index (χ0v) is 19.6. The molecule has 0 aliphatic carbocycles. The minimum Gasteiger partial charge on any atom is -0.338 e. The fraction of sp³-hybridized carbons (Fsp3) is 0.296. The number of para-hydroxylation sites is 4. The number of fused-ring (bicyclic) bond motifs is 2. The number of thioether (sulfide) groups is 1. The second-order valence-electron chi connectivity index (χ2n) is 9.20. The normalized spacial score (nSPS) is 21.9. The van der Waals surface area contributed by atoms with Crippen LogP contribution in [-0.4, -0.2) is 39.0 Å². The Morgan fingerprint density at radius 1 is 0.909 bits per heavy atom. The Hall–Kier alpha value is -2.96. The second kappa shape index (κ2) is 8.12. The summed E-state index contributed by atoms with van der Waals surface area (Å²) in [6.07, 6.45) is 1.95. The summed E-state index contributed by atoms with van der Waals surface area (Å²) in [5.74, 6) is 0. The van der Waals surface area contributed by atoms with Gasteiger partial charge >= 0.3 is 5.69 Å². The largest absolute Gasteiger partial charge is 0.338 e. The number of benzene rings is 3. The van der Waals surface area contributed by atoms with Crippen molar-refractivity contribution in [2.75, 3.05) is 24.5 Å². The van der Waals surface area contributed by atoms with Gasteiger partial charge in [0, 0.05) is 29.7 Å². The van der Waals surface area contributed by atoms with Gasteiger partial charge in [0.15, 0.2) is 0 Å². The lowest BCUT2D eigenvalue weighted by atomic mass is 10.0. The molecule has 2 aliphatic heterocycles. The van der Waals surface area contributed by atoms with E-state index in [9.17, 15) is 4.79 Å². The summed E-state index contributed by atoms with van der Waals surface area (Å²) in [7, 11) is 0. The summed E-state index contributed by atoms with van der Waals surface area (Å²) in [6.45, 7) is 5.26. The van der Waals surface area contributed by atoms with E-state index in [4.69, 9.17) is 0 Å². The molecule has 33 heavy (non-hydrogen) atoms. The number of H-pyrrole nitrogens is 1. The number of hydrogen-bond acceptors (Lipinski definition) is 4. The predicted molar refractivity (Wildman–Crippen MR) is 137 cm³/mol. The van der Waals surface area contributed by atoms with Crippen LogP contribution in [0.3, 0.4) is 0 Å². The molecular weight excluding hydrogens is 428 g/mol. The minimum absolute atomic E-state index is 0.0112. The molecule has 0 saturated carbocycles. The Kier molecular flexibility index (Phi) is 5.07. The van der Waals surface area contributed by atoms with Gasteiger partial charge in [-0.1, -0.05) is 54.2 Å². The molecule has 4 aromatic rings. The molecule has 1 atom stereocenters. The summed E-state index contributed by atoms with van der Waals surface area (Å²) in [4.78, 5) is 22.1. The molecule has 0 spiro atoms. The van der Waals surface area contributed by atoms with Crippen LogP contribution in [0.25, 0.3) is 11.0 Å². The van der Waals surface area contributed by atoms with E-state index in [1.54, 1.807) is 0 Å². The first-order valence-corrected chi connectivity index (χ1v) is 12.5. The number of anilines is 2. The molecular formula is C27H28N4OS. The van der Waals surface area contributed by atoms with Crippen LogP contribution >= 0.6 is 11.8 Å². The van der Waals surface area contributed by atoms with Crippen LogP contribution in [0.15, 0.2) is 88.6 Å². The number of nitrogens with one attached hydrogen (secondary N) is 1. The standard InChI is InChI=1S/C27H28N4OS/c1-27(19-30(20-9-3-2-4-10-20)24-13-7-8-14-25(24)33-27)29-17-15-21(16-18-29)31-23-12-6-5-11-22(23)28-26(31)32/h2-14,21H,15-19H2,1H3,(H,28,32). The van der Waals surface area contributed by atoms with Gasteiger partial charge in [0.25, 0.3) is 0 Å². The molecule has 1 N–H and O–H groups in total. The smallest absolute Gasteiger partial charge is 0.326 e. The first-order chi connectivity index (χ1) is 16.1. The van der Waals surface area contributed by atoms with E-state index in [-0.39, 0.29) is 16.6 Å². The highest BCUT2D eigenvalue weighted by Gasteiger charge is 2.41. The molecule has 1 fully saturated rings. The molecule has 2 aliphatic rings. The number of hydrogen-bond donors (Lipinski definition) is 1. The van der Waals surface area contributed by atoms with Crippen molar-refractivity contribution in [2.24, 2.45) is 0 Å².